The second-order valence-electron chi connectivity index (χ2n) is 7.95. The van der Waals surface area contributed by atoms with Gasteiger partial charge in [-0.15, -0.1) is 0 Å². The number of benzene rings is 3. The van der Waals surface area contributed by atoms with Gasteiger partial charge >= 0.3 is 5.97 Å². The number of nitrogens with zero attached hydrogens (tertiary/aromatic N) is 3. The van der Waals surface area contributed by atoms with E-state index in [2.05, 4.69) is 4.99 Å². The molecule has 0 aromatic heterocycles. The second-order valence-corrected chi connectivity index (χ2v) is 9.81. The Kier molecular flexibility index (Phi) is 7.42. The zero-order valence-electron chi connectivity index (χ0n) is 19.5. The molecule has 0 radical (unpaired) electrons. The molecule has 4 rings (SSSR count). The number of ether oxygens (including phenoxy) is 1. The van der Waals surface area contributed by atoms with E-state index >= 15 is 0 Å². The summed E-state index contributed by atoms with van der Waals surface area (Å²) in [5.41, 5.74) is 2.96. The first-order valence-corrected chi connectivity index (χ1v) is 12.6. The molecule has 0 aliphatic carbocycles. The first-order chi connectivity index (χ1) is 17.4. The van der Waals surface area contributed by atoms with Crippen LogP contribution >= 0.6 is 0 Å². The molecule has 0 saturated carbocycles. The van der Waals surface area contributed by atoms with Gasteiger partial charge in [0.15, 0.2) is 5.70 Å². The quantitative estimate of drug-likeness (QED) is 0.318. The molecule has 1 aliphatic rings. The molecular formula is C28H23N3O4S. The lowest BCUT2D eigenvalue weighted by atomic mass is 10.1. The van der Waals surface area contributed by atoms with Gasteiger partial charge in [-0.25, -0.2) is 18.2 Å². The Labute approximate surface area is 210 Å². The maximum atomic E-state index is 13.3. The van der Waals surface area contributed by atoms with Crippen LogP contribution in [-0.2, 0) is 19.6 Å². The van der Waals surface area contributed by atoms with Gasteiger partial charge in [-0.1, -0.05) is 54.6 Å². The van der Waals surface area contributed by atoms with E-state index in [0.717, 1.165) is 11.1 Å². The van der Waals surface area contributed by atoms with Gasteiger partial charge < -0.3 is 4.74 Å². The lowest BCUT2D eigenvalue weighted by Gasteiger charge is -2.24. The summed E-state index contributed by atoms with van der Waals surface area (Å²) in [5.74, 6) is -0.366. The molecule has 0 fully saturated rings. The van der Waals surface area contributed by atoms with Crippen molar-refractivity contribution >= 4 is 39.7 Å². The number of sulfonamides is 1. The van der Waals surface area contributed by atoms with Crippen LogP contribution in [0.2, 0.25) is 0 Å². The molecule has 180 valence electrons. The van der Waals surface area contributed by atoms with E-state index in [1.807, 2.05) is 43.3 Å². The zero-order valence-corrected chi connectivity index (χ0v) is 20.4. The predicted molar refractivity (Wildman–Crippen MR) is 139 cm³/mol. The molecule has 7 nitrogen and oxygen atoms in total. The van der Waals surface area contributed by atoms with Gasteiger partial charge in [0, 0.05) is 12.6 Å². The molecular weight excluding hydrogens is 474 g/mol. The molecule has 0 spiro atoms. The van der Waals surface area contributed by atoms with Gasteiger partial charge in [0.2, 0.25) is 5.90 Å². The van der Waals surface area contributed by atoms with Crippen molar-refractivity contribution in [2.24, 2.45) is 4.99 Å². The number of hydrogen-bond acceptors (Lipinski definition) is 6. The van der Waals surface area contributed by atoms with Crippen molar-refractivity contribution in [1.29, 1.82) is 5.26 Å². The topological polar surface area (TPSA) is 99.8 Å². The minimum Gasteiger partial charge on any atom is -0.403 e. The minimum absolute atomic E-state index is 0.0152. The van der Waals surface area contributed by atoms with Crippen molar-refractivity contribution in [2.75, 3.05) is 10.8 Å². The molecule has 0 unspecified atom stereocenters. The van der Waals surface area contributed by atoms with Gasteiger partial charge in [-0.05, 0) is 60.0 Å². The maximum absolute atomic E-state index is 13.3. The molecule has 0 atom stereocenters. The Morgan fingerprint density at radius 3 is 2.36 bits per heavy atom. The van der Waals surface area contributed by atoms with Crippen LogP contribution in [0.5, 0.6) is 0 Å². The molecule has 0 bridgehead atoms. The van der Waals surface area contributed by atoms with Crippen LogP contribution in [0.25, 0.3) is 12.2 Å². The Bertz CT molecular complexity index is 1500. The average molecular weight is 498 g/mol. The summed E-state index contributed by atoms with van der Waals surface area (Å²) >= 11 is 0. The average Bonchev–Trinajstić information content (AvgIpc) is 3.24. The van der Waals surface area contributed by atoms with Crippen LogP contribution in [0.15, 0.2) is 101 Å². The van der Waals surface area contributed by atoms with E-state index in [-0.39, 0.29) is 29.5 Å². The van der Waals surface area contributed by atoms with Crippen LogP contribution in [0.4, 0.5) is 5.69 Å². The fourth-order valence-corrected chi connectivity index (χ4v) is 5.09. The van der Waals surface area contributed by atoms with E-state index in [1.54, 1.807) is 54.6 Å². The number of aryl methyl sites for hydroxylation is 1. The summed E-state index contributed by atoms with van der Waals surface area (Å²) < 4.78 is 33.0. The number of aliphatic imine (C=N–C) groups is 1. The summed E-state index contributed by atoms with van der Waals surface area (Å²) in [7, 11) is -3.86. The number of carbonyl (C=O) groups is 1. The second kappa shape index (κ2) is 10.8. The Balaban J connectivity index is 1.61. The van der Waals surface area contributed by atoms with Crippen molar-refractivity contribution in [3.05, 3.63) is 107 Å². The third kappa shape index (κ3) is 5.59. The SMILES string of the molecule is Cc1cc(N(CCC#N)S(=O)(=O)c2ccccc2)ccc1/C=C1N=C(/C=C/c2ccccc2)OC\1=O. The Morgan fingerprint density at radius 1 is 1.00 bits per heavy atom. The lowest BCUT2D eigenvalue weighted by Crippen LogP contribution is -2.32. The molecule has 3 aromatic carbocycles. The summed E-state index contributed by atoms with van der Waals surface area (Å²) in [5, 5.41) is 9.07. The van der Waals surface area contributed by atoms with Crippen molar-refractivity contribution < 1.29 is 17.9 Å². The van der Waals surface area contributed by atoms with Gasteiger partial charge in [0.05, 0.1) is 23.1 Å². The van der Waals surface area contributed by atoms with E-state index in [1.165, 1.54) is 16.4 Å². The van der Waals surface area contributed by atoms with E-state index in [0.29, 0.717) is 11.3 Å². The Hall–Kier alpha value is -4.48. The number of nitriles is 1. The summed E-state index contributed by atoms with van der Waals surface area (Å²) in [6, 6.07) is 24.8. The number of carbonyl (C=O) groups excluding carboxylic acids is 1. The number of anilines is 1. The molecule has 36 heavy (non-hydrogen) atoms. The van der Waals surface area contributed by atoms with Gasteiger partial charge in [0.25, 0.3) is 10.0 Å². The fraction of sp³-hybridized carbons (Fsp3) is 0.107. The molecule has 1 aliphatic heterocycles. The van der Waals surface area contributed by atoms with E-state index in [9.17, 15) is 13.2 Å². The first kappa shape index (κ1) is 24.6. The molecule has 0 N–H and O–H groups in total. The molecule has 0 amide bonds. The van der Waals surface area contributed by atoms with Crippen LogP contribution in [0.1, 0.15) is 23.1 Å². The van der Waals surface area contributed by atoms with Crippen molar-refractivity contribution in [2.45, 2.75) is 18.2 Å². The van der Waals surface area contributed by atoms with Crippen molar-refractivity contribution in [3.8, 4) is 6.07 Å². The summed E-state index contributed by atoms with van der Waals surface area (Å²) in [4.78, 5) is 16.8. The highest BCUT2D eigenvalue weighted by atomic mass is 32.2. The maximum Gasteiger partial charge on any atom is 0.363 e. The van der Waals surface area contributed by atoms with Gasteiger partial charge in [-0.2, -0.15) is 5.26 Å². The zero-order chi connectivity index (χ0) is 25.5. The number of rotatable bonds is 8. The van der Waals surface area contributed by atoms with E-state index < -0.39 is 16.0 Å². The highest BCUT2D eigenvalue weighted by Gasteiger charge is 2.25. The smallest absolute Gasteiger partial charge is 0.363 e. The third-order valence-corrected chi connectivity index (χ3v) is 7.29. The Morgan fingerprint density at radius 2 is 1.69 bits per heavy atom. The largest absolute Gasteiger partial charge is 0.403 e. The fourth-order valence-electron chi connectivity index (χ4n) is 3.61. The van der Waals surface area contributed by atoms with Crippen molar-refractivity contribution in [3.63, 3.8) is 0 Å². The first-order valence-electron chi connectivity index (χ1n) is 11.2. The number of esters is 1. The van der Waals surface area contributed by atoms with Crippen molar-refractivity contribution in [1.82, 2.24) is 0 Å². The van der Waals surface area contributed by atoms with Crippen LogP contribution in [0.3, 0.4) is 0 Å². The van der Waals surface area contributed by atoms with Crippen LogP contribution in [0, 0.1) is 18.3 Å². The summed E-state index contributed by atoms with van der Waals surface area (Å²) in [6.45, 7) is 1.83. The monoisotopic (exact) mass is 497 g/mol. The van der Waals surface area contributed by atoms with E-state index in [4.69, 9.17) is 10.00 Å². The standard InChI is InChI=1S/C28H23N3O4S/c1-21-19-24(31(18-8-17-29)36(33,34)25-11-6-3-7-12-25)15-14-23(21)20-26-28(32)35-27(30-26)16-13-22-9-4-2-5-10-22/h2-7,9-16,19-20H,8,18H2,1H3/b16-13+,26-20-. The highest BCUT2D eigenvalue weighted by molar-refractivity contribution is 7.92. The van der Waals surface area contributed by atoms with Gasteiger partial charge in [-0.3, -0.25) is 4.31 Å². The van der Waals surface area contributed by atoms with Gasteiger partial charge in [0.1, 0.15) is 0 Å². The van der Waals surface area contributed by atoms with Crippen LogP contribution < -0.4 is 4.31 Å². The minimum atomic E-state index is -3.86. The lowest BCUT2D eigenvalue weighted by molar-refractivity contribution is -0.129. The highest BCUT2D eigenvalue weighted by Crippen LogP contribution is 2.28. The summed E-state index contributed by atoms with van der Waals surface area (Å²) in [6.07, 6.45) is 5.08. The molecule has 3 aromatic rings. The number of hydrogen-bond donors (Lipinski definition) is 0. The molecule has 0 saturated heterocycles. The molecule has 1 heterocycles. The van der Waals surface area contributed by atoms with Crippen LogP contribution in [-0.4, -0.2) is 26.8 Å². The predicted octanol–water partition coefficient (Wildman–Crippen LogP) is 5.11. The number of cyclic esters (lactones) is 1. The normalized spacial score (nSPS) is 14.5. The molecule has 8 heteroatoms. The third-order valence-electron chi connectivity index (χ3n) is 5.45.